The van der Waals surface area contributed by atoms with Gasteiger partial charge in [0.15, 0.2) is 5.82 Å². The second-order valence-corrected chi connectivity index (χ2v) is 4.59. The van der Waals surface area contributed by atoms with E-state index >= 15 is 0 Å². The van der Waals surface area contributed by atoms with Gasteiger partial charge in [-0.25, -0.2) is 9.97 Å². The third-order valence-electron chi connectivity index (χ3n) is 2.91. The number of aryl methyl sites for hydroxylation is 1. The number of hydrogen-bond acceptors (Lipinski definition) is 5. The largest absolute Gasteiger partial charge is 0.372 e. The molecule has 0 atom stereocenters. The van der Waals surface area contributed by atoms with E-state index in [9.17, 15) is 9.59 Å². The van der Waals surface area contributed by atoms with Crippen LogP contribution < -0.4 is 10.6 Å². The average Bonchev–Trinajstić information content (AvgIpc) is 2.48. The van der Waals surface area contributed by atoms with Gasteiger partial charge in [0, 0.05) is 20.5 Å². The van der Waals surface area contributed by atoms with E-state index in [1.807, 2.05) is 13.8 Å². The minimum atomic E-state index is -0.111. The Morgan fingerprint density at radius 1 is 1.33 bits per heavy atom. The molecule has 2 rings (SSSR count). The third kappa shape index (κ3) is 4.70. The van der Waals surface area contributed by atoms with E-state index in [2.05, 4.69) is 20.6 Å². The van der Waals surface area contributed by atoms with Gasteiger partial charge in [0.05, 0.1) is 17.9 Å². The lowest BCUT2D eigenvalue weighted by atomic mass is 10.1. The minimum absolute atomic E-state index is 0.101. The Hall–Kier alpha value is -2.18. The fraction of sp³-hybridized carbons (Fsp3) is 0.571. The quantitative estimate of drug-likeness (QED) is 0.873. The number of nitrogens with one attached hydrogen (secondary N) is 2. The molecular formula is C14H23N5O2. The molecule has 0 aromatic carbocycles. The van der Waals surface area contributed by atoms with Gasteiger partial charge in [0.1, 0.15) is 6.33 Å². The first-order chi connectivity index (χ1) is 10.1. The van der Waals surface area contributed by atoms with Gasteiger partial charge >= 0.3 is 0 Å². The number of anilines is 2. The third-order valence-corrected chi connectivity index (χ3v) is 2.91. The van der Waals surface area contributed by atoms with Crippen LogP contribution in [-0.4, -0.2) is 47.3 Å². The smallest absolute Gasteiger partial charge is 0.244 e. The van der Waals surface area contributed by atoms with Gasteiger partial charge in [0.2, 0.25) is 11.8 Å². The highest BCUT2D eigenvalue weighted by Gasteiger charge is 2.19. The molecule has 1 aliphatic rings. The number of hydrogen-bond donors (Lipinski definition) is 2. The van der Waals surface area contributed by atoms with Gasteiger partial charge in [0.25, 0.3) is 0 Å². The first kappa shape index (κ1) is 16.9. The molecule has 0 spiro atoms. The first-order valence-corrected chi connectivity index (χ1v) is 7.15. The summed E-state index contributed by atoms with van der Waals surface area (Å²) in [6, 6.07) is 0. The van der Waals surface area contributed by atoms with Crippen molar-refractivity contribution in [2.24, 2.45) is 0 Å². The fourth-order valence-corrected chi connectivity index (χ4v) is 1.87. The highest BCUT2D eigenvalue weighted by Crippen LogP contribution is 2.25. The number of carbonyl (C=O) groups excluding carboxylic acids is 2. The number of amides is 2. The summed E-state index contributed by atoms with van der Waals surface area (Å²) in [6.45, 7) is 4.23. The van der Waals surface area contributed by atoms with Crippen molar-refractivity contribution < 1.29 is 9.59 Å². The lowest BCUT2D eigenvalue weighted by molar-refractivity contribution is -0.128. The lowest BCUT2D eigenvalue weighted by Crippen LogP contribution is -2.29. The van der Waals surface area contributed by atoms with Crippen LogP contribution >= 0.6 is 0 Å². The number of aromatic nitrogens is 2. The maximum Gasteiger partial charge on any atom is 0.244 e. The van der Waals surface area contributed by atoms with Crippen LogP contribution in [-0.2, 0) is 16.0 Å². The normalized spacial score (nSPS) is 12.3. The molecule has 21 heavy (non-hydrogen) atoms. The van der Waals surface area contributed by atoms with Gasteiger partial charge in [-0.05, 0) is 12.8 Å². The highest BCUT2D eigenvalue weighted by atomic mass is 16.2. The molecule has 7 nitrogen and oxygen atoms in total. The molecule has 0 saturated carbocycles. The molecule has 0 fully saturated rings. The van der Waals surface area contributed by atoms with E-state index in [-0.39, 0.29) is 18.4 Å². The Bertz CT molecular complexity index is 502. The molecule has 0 aliphatic carbocycles. The van der Waals surface area contributed by atoms with E-state index in [0.29, 0.717) is 18.7 Å². The number of rotatable bonds is 4. The van der Waals surface area contributed by atoms with Crippen LogP contribution in [0, 0.1) is 0 Å². The van der Waals surface area contributed by atoms with E-state index in [0.717, 1.165) is 17.8 Å². The summed E-state index contributed by atoms with van der Waals surface area (Å²) in [7, 11) is 3.48. The van der Waals surface area contributed by atoms with Crippen molar-refractivity contribution in [2.75, 3.05) is 31.3 Å². The molecule has 0 saturated heterocycles. The summed E-state index contributed by atoms with van der Waals surface area (Å²) in [6.07, 6.45) is 3.30. The molecule has 0 unspecified atom stereocenters. The molecule has 7 heteroatoms. The van der Waals surface area contributed by atoms with Gasteiger partial charge in [-0.2, -0.15) is 0 Å². The van der Waals surface area contributed by atoms with E-state index < -0.39 is 0 Å². The lowest BCUT2D eigenvalue weighted by Gasteiger charge is -2.19. The average molecular weight is 293 g/mol. The van der Waals surface area contributed by atoms with Crippen LogP contribution in [0.15, 0.2) is 6.33 Å². The van der Waals surface area contributed by atoms with Crippen LogP contribution in [0.3, 0.4) is 0 Å². The Morgan fingerprint density at radius 2 is 2.05 bits per heavy atom. The first-order valence-electron chi connectivity index (χ1n) is 7.15. The second kappa shape index (κ2) is 8.18. The van der Waals surface area contributed by atoms with Gasteiger partial charge in [-0.1, -0.05) is 13.8 Å². The predicted octanol–water partition coefficient (Wildman–Crippen LogP) is 1.28. The zero-order valence-electron chi connectivity index (χ0n) is 13.1. The molecule has 1 aromatic heterocycles. The van der Waals surface area contributed by atoms with E-state index in [1.165, 1.54) is 6.33 Å². The summed E-state index contributed by atoms with van der Waals surface area (Å²) in [4.78, 5) is 32.5. The van der Waals surface area contributed by atoms with Crippen molar-refractivity contribution in [2.45, 2.75) is 33.1 Å². The number of carbonyl (C=O) groups is 2. The fourth-order valence-electron chi connectivity index (χ4n) is 1.87. The zero-order valence-corrected chi connectivity index (χ0v) is 13.1. The van der Waals surface area contributed by atoms with Gasteiger partial charge in [-0.3, -0.25) is 9.59 Å². The van der Waals surface area contributed by atoms with Crippen molar-refractivity contribution >= 4 is 23.3 Å². The Morgan fingerprint density at radius 3 is 2.71 bits per heavy atom. The van der Waals surface area contributed by atoms with Crippen LogP contribution in [0.4, 0.5) is 11.5 Å². The van der Waals surface area contributed by atoms with Crippen molar-refractivity contribution in [1.29, 1.82) is 0 Å². The Labute approximate surface area is 125 Å². The van der Waals surface area contributed by atoms with Crippen molar-refractivity contribution in [3.8, 4) is 0 Å². The van der Waals surface area contributed by atoms with E-state index in [4.69, 9.17) is 0 Å². The molecule has 2 amide bonds. The topological polar surface area (TPSA) is 87.2 Å². The number of fused-ring (bicyclic) bond motifs is 1. The molecule has 2 N–H and O–H groups in total. The summed E-state index contributed by atoms with van der Waals surface area (Å²) >= 11 is 0. The molecule has 0 radical (unpaired) electrons. The van der Waals surface area contributed by atoms with E-state index in [1.54, 1.807) is 19.0 Å². The maximum atomic E-state index is 11.5. The summed E-state index contributed by atoms with van der Waals surface area (Å²) in [5.41, 5.74) is 1.59. The molecule has 1 aliphatic heterocycles. The van der Waals surface area contributed by atoms with Crippen LogP contribution in [0.5, 0.6) is 0 Å². The van der Waals surface area contributed by atoms with Crippen molar-refractivity contribution in [1.82, 2.24) is 14.9 Å². The van der Waals surface area contributed by atoms with Crippen LogP contribution in [0.2, 0.25) is 0 Å². The Kier molecular flexibility index (Phi) is 6.58. The number of nitrogens with zero attached hydrogens (tertiary/aromatic N) is 3. The molecule has 1 aromatic rings. The van der Waals surface area contributed by atoms with Crippen LogP contribution in [0.1, 0.15) is 32.4 Å². The standard InChI is InChI=1S/C12H17N5O2.C2H6/c1-17(2)10(19)5-3-4-8-11-12(15-7-14-8)16-9(18)6-13-11;1-2/h7,13H,3-6H2,1-2H3,(H,14,15,16,18);1-2H3. The Balaban J connectivity index is 0.00000106. The molecule has 2 heterocycles. The summed E-state index contributed by atoms with van der Waals surface area (Å²) in [5.74, 6) is 0.504. The van der Waals surface area contributed by atoms with Gasteiger partial charge in [-0.15, -0.1) is 0 Å². The van der Waals surface area contributed by atoms with Crippen molar-refractivity contribution in [3.63, 3.8) is 0 Å². The SMILES string of the molecule is CC.CN(C)C(=O)CCCc1ncnc2c1NCC(=O)N2. The molecular weight excluding hydrogens is 270 g/mol. The van der Waals surface area contributed by atoms with Crippen LogP contribution in [0.25, 0.3) is 0 Å². The summed E-state index contributed by atoms with van der Waals surface area (Å²) in [5, 5.41) is 5.70. The van der Waals surface area contributed by atoms with Gasteiger partial charge < -0.3 is 15.5 Å². The minimum Gasteiger partial charge on any atom is -0.372 e. The molecule has 0 bridgehead atoms. The van der Waals surface area contributed by atoms with Crippen molar-refractivity contribution in [3.05, 3.63) is 12.0 Å². The predicted molar refractivity (Wildman–Crippen MR) is 82.1 cm³/mol. The second-order valence-electron chi connectivity index (χ2n) is 4.59. The monoisotopic (exact) mass is 293 g/mol. The molecule has 116 valence electrons. The highest BCUT2D eigenvalue weighted by molar-refractivity contribution is 5.99. The summed E-state index contributed by atoms with van der Waals surface area (Å²) < 4.78 is 0. The zero-order chi connectivity index (χ0) is 15.8. The maximum absolute atomic E-state index is 11.5.